The van der Waals surface area contributed by atoms with Crippen LogP contribution in [0, 0.1) is 43.5 Å². The summed E-state index contributed by atoms with van der Waals surface area (Å²) in [6.07, 6.45) is 5.18. The van der Waals surface area contributed by atoms with Crippen LogP contribution in [0.5, 0.6) is 0 Å². The number of rotatable bonds is 0. The largest absolute Gasteiger partial charge is 0.230 e. The average molecular weight is 349 g/mol. The van der Waals surface area contributed by atoms with Crippen LogP contribution < -0.4 is 0 Å². The molecular weight excluding hydrogens is 334 g/mol. The van der Waals surface area contributed by atoms with Gasteiger partial charge in [-0.2, -0.15) is 0 Å². The fourth-order valence-corrected chi connectivity index (χ4v) is 1.05. The Balaban J connectivity index is 0.000000810. The molecule has 1 aliphatic rings. The standard InChI is InChI=1S/C8H13.U/c1-7-4-3-5-8(2)6-7;/h3-4,8H,5-6H2,1-2H3;/q-1;/t8-;/m1./s1/i5T;/t5-,8+;/m0.. The second kappa shape index (κ2) is 4.47. The third-order valence-electron chi connectivity index (χ3n) is 1.46. The van der Waals surface area contributed by atoms with Crippen LogP contribution in [-0.2, 0) is 0 Å². The molecule has 0 nitrogen and oxygen atoms in total. The maximum Gasteiger partial charge on any atom is 0.0114 e. The first-order chi connectivity index (χ1) is 4.20. The van der Waals surface area contributed by atoms with Gasteiger partial charge in [-0.15, -0.1) is 6.92 Å². The molecule has 0 aliphatic heterocycles. The van der Waals surface area contributed by atoms with Crippen LogP contribution >= 0.6 is 0 Å². The minimum absolute atomic E-state index is 0. The Morgan fingerprint density at radius 3 is 3.00 bits per heavy atom. The average Bonchev–Trinajstić information content (AvgIpc) is 1.80. The molecule has 0 amide bonds. The number of allylic oxidation sites excluding steroid dienone is 2. The Hall–Kier alpha value is 0.662. The Kier molecular flexibility index (Phi) is 3.86. The zero-order valence-electron chi connectivity index (χ0n) is 7.02. The molecule has 0 saturated heterocycles. The third-order valence-corrected chi connectivity index (χ3v) is 1.46. The molecule has 0 fully saturated rings. The van der Waals surface area contributed by atoms with E-state index in [1.54, 1.807) is 0 Å². The predicted octanol–water partition coefficient (Wildman–Crippen LogP) is 2.57. The molecule has 0 aromatic carbocycles. The Bertz CT molecular complexity index is 131. The van der Waals surface area contributed by atoms with Crippen molar-refractivity contribution in [1.82, 2.24) is 0 Å². The van der Waals surface area contributed by atoms with E-state index in [0.717, 1.165) is 6.42 Å². The monoisotopic (exact) mass is 349 g/mol. The molecule has 50 valence electrons. The summed E-state index contributed by atoms with van der Waals surface area (Å²) in [5.74, 6) is 0.523. The van der Waals surface area contributed by atoms with Gasteiger partial charge in [0.15, 0.2) is 0 Å². The van der Waals surface area contributed by atoms with Gasteiger partial charge < -0.3 is 0 Å². The van der Waals surface area contributed by atoms with Crippen molar-refractivity contribution in [2.45, 2.75) is 26.7 Å². The SMILES string of the molecule is [3H][C@H]1[CH-]C=C(C)C[C@@H]1C.[U]. The molecule has 0 aromatic rings. The number of hydrogen-bond donors (Lipinski definition) is 0. The molecule has 0 N–H and O–H groups in total. The molecule has 1 aliphatic carbocycles. The molecule has 2 atom stereocenters. The van der Waals surface area contributed by atoms with Crippen molar-refractivity contribution >= 4 is 0 Å². The maximum atomic E-state index is 7.47. The summed E-state index contributed by atoms with van der Waals surface area (Å²) >= 11 is 0. The van der Waals surface area contributed by atoms with E-state index in [-0.39, 0.29) is 37.5 Å². The van der Waals surface area contributed by atoms with Crippen molar-refractivity contribution < 1.29 is 32.5 Å². The van der Waals surface area contributed by atoms with E-state index in [0.29, 0.717) is 5.92 Å². The summed E-state index contributed by atoms with van der Waals surface area (Å²) in [6.45, 7) is 4.25. The Labute approximate surface area is 82.9 Å². The summed E-state index contributed by atoms with van der Waals surface area (Å²) in [7, 11) is 0. The fourth-order valence-electron chi connectivity index (χ4n) is 1.05. The van der Waals surface area contributed by atoms with Gasteiger partial charge in [0.05, 0.1) is 0 Å². The van der Waals surface area contributed by atoms with E-state index in [9.17, 15) is 0 Å². The van der Waals surface area contributed by atoms with E-state index >= 15 is 0 Å². The van der Waals surface area contributed by atoms with Crippen molar-refractivity contribution in [2.75, 3.05) is 0 Å². The van der Waals surface area contributed by atoms with Crippen molar-refractivity contribution in [1.29, 1.82) is 0 Å². The Morgan fingerprint density at radius 2 is 2.56 bits per heavy atom. The van der Waals surface area contributed by atoms with Crippen LogP contribution in [-0.4, -0.2) is 0 Å². The molecule has 1 rings (SSSR count). The van der Waals surface area contributed by atoms with E-state index in [1.165, 1.54) is 5.57 Å². The van der Waals surface area contributed by atoms with Crippen molar-refractivity contribution in [3.63, 3.8) is 0 Å². The molecule has 1 heteroatoms. The van der Waals surface area contributed by atoms with Gasteiger partial charge in [0.25, 0.3) is 0 Å². The molecule has 0 bridgehead atoms. The van der Waals surface area contributed by atoms with Gasteiger partial charge >= 0.3 is 0 Å². The molecule has 0 saturated carbocycles. The summed E-state index contributed by atoms with van der Waals surface area (Å²) < 4.78 is 7.47. The predicted molar refractivity (Wildman–Crippen MR) is 36.5 cm³/mol. The Morgan fingerprint density at radius 1 is 1.89 bits per heavy atom. The van der Waals surface area contributed by atoms with Crippen molar-refractivity contribution in [3.8, 4) is 0 Å². The van der Waals surface area contributed by atoms with Crippen LogP contribution in [0.3, 0.4) is 0 Å². The van der Waals surface area contributed by atoms with Gasteiger partial charge in [-0.3, -0.25) is 0 Å². The van der Waals surface area contributed by atoms with Crippen LogP contribution in [0.1, 0.15) is 28.0 Å². The van der Waals surface area contributed by atoms with Crippen molar-refractivity contribution in [2.24, 2.45) is 5.92 Å². The summed E-state index contributed by atoms with van der Waals surface area (Å²) in [4.78, 5) is 0. The first kappa shape index (κ1) is 7.77. The molecule has 0 heterocycles. The smallest absolute Gasteiger partial charge is 0.0114 e. The maximum absolute atomic E-state index is 7.47. The molecule has 0 aromatic heterocycles. The van der Waals surface area contributed by atoms with Gasteiger partial charge in [0.2, 0.25) is 0 Å². The zero-order valence-corrected chi connectivity index (χ0v) is 10.2. The number of hydrogen-bond acceptors (Lipinski definition) is 0. The second-order valence-electron chi connectivity index (χ2n) is 2.58. The second-order valence-corrected chi connectivity index (χ2v) is 2.58. The van der Waals surface area contributed by atoms with Crippen LogP contribution in [0.4, 0.5) is 0 Å². The van der Waals surface area contributed by atoms with Crippen LogP contribution in [0.15, 0.2) is 11.6 Å². The van der Waals surface area contributed by atoms with E-state index < -0.39 is 0 Å². The normalized spacial score (nSPS) is 35.3. The van der Waals surface area contributed by atoms with Gasteiger partial charge in [-0.05, 0) is 0 Å². The van der Waals surface area contributed by atoms with E-state index in [2.05, 4.69) is 19.9 Å². The van der Waals surface area contributed by atoms with Gasteiger partial charge in [-0.1, -0.05) is 25.7 Å². The fraction of sp³-hybridized carbons (Fsp3) is 0.625. The third kappa shape index (κ3) is 3.38. The van der Waals surface area contributed by atoms with E-state index in [4.69, 9.17) is 1.37 Å². The quantitative estimate of drug-likeness (QED) is 0.590. The minimum Gasteiger partial charge on any atom is -0.230 e. The summed E-state index contributed by atoms with van der Waals surface area (Å²) in [5, 5.41) is 0. The van der Waals surface area contributed by atoms with Crippen LogP contribution in [0.2, 0.25) is 0 Å². The summed E-state index contributed by atoms with van der Waals surface area (Å²) in [6, 6.07) is 0. The van der Waals surface area contributed by atoms with Crippen molar-refractivity contribution in [3.05, 3.63) is 18.1 Å². The molecule has 9 heavy (non-hydrogen) atoms. The van der Waals surface area contributed by atoms with Crippen LogP contribution in [0.25, 0.3) is 0 Å². The first-order valence-corrected chi connectivity index (χ1v) is 3.13. The van der Waals surface area contributed by atoms with E-state index in [1.807, 2.05) is 6.42 Å². The summed E-state index contributed by atoms with van der Waals surface area (Å²) in [5.41, 5.74) is 1.41. The molecule has 0 spiro atoms. The zero-order chi connectivity index (χ0) is 6.85. The molecular formula is C8H13U-. The topological polar surface area (TPSA) is 0 Å². The van der Waals surface area contributed by atoms with Gasteiger partial charge in [0.1, 0.15) is 0 Å². The first-order valence-electron chi connectivity index (χ1n) is 3.71. The molecule has 0 unspecified atom stereocenters. The van der Waals surface area contributed by atoms with Gasteiger partial charge in [0, 0.05) is 32.5 Å². The minimum atomic E-state index is 0. The van der Waals surface area contributed by atoms with Gasteiger partial charge in [-0.25, -0.2) is 18.1 Å². The molecule has 0 radical (unpaired) electrons.